The highest BCUT2D eigenvalue weighted by Gasteiger charge is 2.20. The third kappa shape index (κ3) is 3.97. The molecule has 1 fully saturated rings. The van der Waals surface area contributed by atoms with Gasteiger partial charge in [-0.15, -0.1) is 0 Å². The molecule has 0 atom stereocenters. The van der Waals surface area contributed by atoms with Crippen molar-refractivity contribution in [2.24, 2.45) is 0 Å². The van der Waals surface area contributed by atoms with Gasteiger partial charge in [-0.2, -0.15) is 5.26 Å². The van der Waals surface area contributed by atoms with Crippen LogP contribution >= 0.6 is 11.6 Å². The SMILES string of the molecule is N#Cc1ccc(S(=O)(=O)NCCCN2CCCC2=O)cc1Cl. The zero-order valence-corrected chi connectivity index (χ0v) is 13.5. The number of sulfonamides is 1. The number of nitriles is 1. The maximum Gasteiger partial charge on any atom is 0.240 e. The van der Waals surface area contributed by atoms with E-state index in [1.54, 1.807) is 4.90 Å². The molecule has 1 aliphatic heterocycles. The van der Waals surface area contributed by atoms with E-state index in [1.165, 1.54) is 18.2 Å². The summed E-state index contributed by atoms with van der Waals surface area (Å²) in [5.74, 6) is 0.127. The van der Waals surface area contributed by atoms with Crippen LogP contribution in [-0.2, 0) is 14.8 Å². The van der Waals surface area contributed by atoms with Crippen molar-refractivity contribution >= 4 is 27.5 Å². The number of likely N-dealkylation sites (tertiary alicyclic amines) is 1. The van der Waals surface area contributed by atoms with Crippen LogP contribution in [-0.4, -0.2) is 38.9 Å². The van der Waals surface area contributed by atoms with Gasteiger partial charge in [0.1, 0.15) is 6.07 Å². The predicted octanol–water partition coefficient (Wildman–Crippen LogP) is 1.50. The van der Waals surface area contributed by atoms with E-state index in [0.717, 1.165) is 13.0 Å². The molecule has 0 radical (unpaired) electrons. The van der Waals surface area contributed by atoms with Crippen LogP contribution in [0, 0.1) is 11.3 Å². The molecule has 1 aromatic rings. The van der Waals surface area contributed by atoms with Crippen LogP contribution in [0.1, 0.15) is 24.8 Å². The summed E-state index contributed by atoms with van der Waals surface area (Å²) in [5, 5.41) is 8.88. The number of benzene rings is 1. The number of carbonyl (C=O) groups excluding carboxylic acids is 1. The standard InChI is InChI=1S/C14H16ClN3O3S/c15-13-9-12(5-4-11(13)10-16)22(20,21)17-6-2-8-18-7-1-3-14(18)19/h4-5,9,17H,1-3,6-8H2. The average molecular weight is 342 g/mol. The van der Waals surface area contributed by atoms with Gasteiger partial charge in [0.15, 0.2) is 0 Å². The molecule has 2 rings (SSSR count). The summed E-state index contributed by atoms with van der Waals surface area (Å²) < 4.78 is 26.7. The molecule has 0 aliphatic carbocycles. The molecule has 0 aromatic heterocycles. The minimum atomic E-state index is -3.66. The molecule has 118 valence electrons. The smallest absolute Gasteiger partial charge is 0.240 e. The Morgan fingerprint density at radius 3 is 2.77 bits per heavy atom. The van der Waals surface area contributed by atoms with Gasteiger partial charge in [0.05, 0.1) is 15.5 Å². The molecule has 1 aliphatic rings. The zero-order chi connectivity index (χ0) is 16.2. The molecular weight excluding hydrogens is 326 g/mol. The van der Waals surface area contributed by atoms with Crippen LogP contribution in [0.15, 0.2) is 23.1 Å². The fourth-order valence-electron chi connectivity index (χ4n) is 2.25. The molecule has 6 nitrogen and oxygen atoms in total. The molecule has 0 spiro atoms. The summed E-state index contributed by atoms with van der Waals surface area (Å²) in [6, 6.07) is 5.85. The van der Waals surface area contributed by atoms with Crippen LogP contribution in [0.5, 0.6) is 0 Å². The second-order valence-electron chi connectivity index (χ2n) is 4.99. The van der Waals surface area contributed by atoms with Crippen molar-refractivity contribution in [2.75, 3.05) is 19.6 Å². The van der Waals surface area contributed by atoms with Crippen LogP contribution < -0.4 is 4.72 Å². The monoisotopic (exact) mass is 341 g/mol. The van der Waals surface area contributed by atoms with Gasteiger partial charge in [0.2, 0.25) is 15.9 Å². The summed E-state index contributed by atoms with van der Waals surface area (Å²) >= 11 is 5.84. The Balaban J connectivity index is 1.90. The predicted molar refractivity (Wildman–Crippen MR) is 81.8 cm³/mol. The number of rotatable bonds is 6. The van der Waals surface area contributed by atoms with Crippen molar-refractivity contribution in [3.63, 3.8) is 0 Å². The highest BCUT2D eigenvalue weighted by Crippen LogP contribution is 2.20. The largest absolute Gasteiger partial charge is 0.343 e. The highest BCUT2D eigenvalue weighted by molar-refractivity contribution is 7.89. The van der Waals surface area contributed by atoms with Gasteiger partial charge < -0.3 is 4.90 Å². The molecule has 22 heavy (non-hydrogen) atoms. The first-order valence-corrected chi connectivity index (χ1v) is 8.77. The Labute approximate surface area is 134 Å². The molecule has 1 aromatic carbocycles. The number of nitrogens with zero attached hydrogens (tertiary/aromatic N) is 2. The molecule has 1 heterocycles. The second-order valence-corrected chi connectivity index (χ2v) is 7.16. The van der Waals surface area contributed by atoms with E-state index >= 15 is 0 Å². The number of amides is 1. The van der Waals surface area contributed by atoms with Crippen LogP contribution in [0.25, 0.3) is 0 Å². The van der Waals surface area contributed by atoms with E-state index in [1.807, 2.05) is 6.07 Å². The number of nitrogens with one attached hydrogen (secondary N) is 1. The maximum absolute atomic E-state index is 12.1. The summed E-state index contributed by atoms with van der Waals surface area (Å²) in [4.78, 5) is 13.2. The molecular formula is C14H16ClN3O3S. The van der Waals surface area contributed by atoms with E-state index in [9.17, 15) is 13.2 Å². The van der Waals surface area contributed by atoms with Gasteiger partial charge in [-0.25, -0.2) is 13.1 Å². The van der Waals surface area contributed by atoms with E-state index in [2.05, 4.69) is 4.72 Å². The van der Waals surface area contributed by atoms with Crippen molar-refractivity contribution in [3.8, 4) is 6.07 Å². The lowest BCUT2D eigenvalue weighted by atomic mass is 10.2. The first-order chi connectivity index (χ1) is 10.4. The quantitative estimate of drug-likeness (QED) is 0.794. The van der Waals surface area contributed by atoms with Gasteiger partial charge in [-0.05, 0) is 31.0 Å². The lowest BCUT2D eigenvalue weighted by Gasteiger charge is -2.15. The minimum Gasteiger partial charge on any atom is -0.343 e. The van der Waals surface area contributed by atoms with Crippen molar-refractivity contribution in [1.82, 2.24) is 9.62 Å². The Hall–Kier alpha value is -1.62. The van der Waals surface area contributed by atoms with Gasteiger partial charge in [-0.1, -0.05) is 11.6 Å². The maximum atomic E-state index is 12.1. The zero-order valence-electron chi connectivity index (χ0n) is 11.9. The molecule has 0 saturated carbocycles. The fraction of sp³-hybridized carbons (Fsp3) is 0.429. The summed E-state index contributed by atoms with van der Waals surface area (Å²) in [6.07, 6.45) is 2.00. The number of halogens is 1. The van der Waals surface area contributed by atoms with Gasteiger partial charge in [0, 0.05) is 26.1 Å². The molecule has 1 saturated heterocycles. The van der Waals surface area contributed by atoms with E-state index < -0.39 is 10.0 Å². The Morgan fingerprint density at radius 1 is 1.41 bits per heavy atom. The lowest BCUT2D eigenvalue weighted by molar-refractivity contribution is -0.127. The Kier molecular flexibility index (Phi) is 5.40. The highest BCUT2D eigenvalue weighted by atomic mass is 35.5. The normalized spacial score (nSPS) is 15.1. The van der Waals surface area contributed by atoms with Crippen molar-refractivity contribution in [1.29, 1.82) is 5.26 Å². The average Bonchev–Trinajstić information content (AvgIpc) is 2.89. The van der Waals surface area contributed by atoms with Crippen LogP contribution in [0.2, 0.25) is 5.02 Å². The summed E-state index contributed by atoms with van der Waals surface area (Å²) in [6.45, 7) is 1.54. The van der Waals surface area contributed by atoms with Gasteiger partial charge in [-0.3, -0.25) is 4.79 Å². The lowest BCUT2D eigenvalue weighted by Crippen LogP contribution is -2.30. The molecule has 1 amide bonds. The molecule has 0 bridgehead atoms. The van der Waals surface area contributed by atoms with Crippen molar-refractivity contribution in [2.45, 2.75) is 24.2 Å². The molecule has 0 unspecified atom stereocenters. The summed E-state index contributed by atoms with van der Waals surface area (Å²) in [7, 11) is -3.66. The first-order valence-electron chi connectivity index (χ1n) is 6.91. The van der Waals surface area contributed by atoms with Gasteiger partial charge >= 0.3 is 0 Å². The van der Waals surface area contributed by atoms with E-state index in [4.69, 9.17) is 16.9 Å². The number of carbonyl (C=O) groups is 1. The van der Waals surface area contributed by atoms with Crippen LogP contribution in [0.4, 0.5) is 0 Å². The number of hydrogen-bond donors (Lipinski definition) is 1. The van der Waals surface area contributed by atoms with Crippen molar-refractivity contribution < 1.29 is 13.2 Å². The third-order valence-corrected chi connectivity index (χ3v) is 5.21. The molecule has 1 N–H and O–H groups in total. The number of hydrogen-bond acceptors (Lipinski definition) is 4. The fourth-order valence-corrected chi connectivity index (χ4v) is 3.64. The van der Waals surface area contributed by atoms with Crippen molar-refractivity contribution in [3.05, 3.63) is 28.8 Å². The van der Waals surface area contributed by atoms with E-state index in [-0.39, 0.29) is 27.9 Å². The van der Waals surface area contributed by atoms with Gasteiger partial charge in [0.25, 0.3) is 0 Å². The minimum absolute atomic E-state index is 0.0220. The summed E-state index contributed by atoms with van der Waals surface area (Å²) in [5.41, 5.74) is 0.230. The topological polar surface area (TPSA) is 90.3 Å². The molecule has 8 heteroatoms. The Morgan fingerprint density at radius 2 is 2.18 bits per heavy atom. The Bertz CT molecular complexity index is 713. The first kappa shape index (κ1) is 16.7. The second kappa shape index (κ2) is 7.09. The van der Waals surface area contributed by atoms with E-state index in [0.29, 0.717) is 19.4 Å². The third-order valence-electron chi connectivity index (χ3n) is 3.44. The van der Waals surface area contributed by atoms with Crippen LogP contribution in [0.3, 0.4) is 0 Å².